The van der Waals surface area contributed by atoms with Crippen molar-refractivity contribution in [3.63, 3.8) is 0 Å². The van der Waals surface area contributed by atoms with E-state index in [1.807, 2.05) is 25.1 Å². The average molecular weight is 278 g/mol. The number of hydrogen-bond acceptors (Lipinski definition) is 3. The fourth-order valence-corrected chi connectivity index (χ4v) is 1.99. The van der Waals surface area contributed by atoms with Crippen LogP contribution in [0.4, 0.5) is 5.69 Å². The van der Waals surface area contributed by atoms with E-state index < -0.39 is 11.9 Å². The summed E-state index contributed by atoms with van der Waals surface area (Å²) in [5, 5.41) is 11.7. The van der Waals surface area contributed by atoms with Gasteiger partial charge in [0.15, 0.2) is 0 Å². The van der Waals surface area contributed by atoms with Crippen molar-refractivity contribution >= 4 is 17.6 Å². The molecule has 5 nitrogen and oxygen atoms in total. The van der Waals surface area contributed by atoms with E-state index in [-0.39, 0.29) is 12.5 Å². The van der Waals surface area contributed by atoms with Crippen molar-refractivity contribution in [2.24, 2.45) is 5.92 Å². The Morgan fingerprint density at radius 1 is 1.40 bits per heavy atom. The molecular formula is C15H22N2O3. The Balaban J connectivity index is 2.34. The lowest BCUT2D eigenvalue weighted by molar-refractivity contribution is -0.141. The second-order valence-corrected chi connectivity index (χ2v) is 4.87. The molecule has 0 aromatic heterocycles. The van der Waals surface area contributed by atoms with E-state index in [1.165, 1.54) is 0 Å². The standard InChI is InChI=1S/C15H22N2O3/c1-2-4-12(15(19)20)10-17-14(18)8-7-11-5-3-6-13(16)9-11/h3,5-6,9,12H,2,4,7-8,10,16H2,1H3,(H,17,18)(H,19,20). The number of anilines is 1. The van der Waals surface area contributed by atoms with Crippen LogP contribution in [-0.4, -0.2) is 23.5 Å². The monoisotopic (exact) mass is 278 g/mol. The Kier molecular flexibility index (Phi) is 6.56. The maximum Gasteiger partial charge on any atom is 0.308 e. The first-order chi connectivity index (χ1) is 9.52. The number of carboxylic acid groups (broad SMARTS) is 1. The van der Waals surface area contributed by atoms with E-state index in [0.717, 1.165) is 12.0 Å². The van der Waals surface area contributed by atoms with Crippen molar-refractivity contribution in [2.75, 3.05) is 12.3 Å². The van der Waals surface area contributed by atoms with Crippen LogP contribution in [0.5, 0.6) is 0 Å². The van der Waals surface area contributed by atoms with E-state index in [4.69, 9.17) is 10.8 Å². The van der Waals surface area contributed by atoms with Gasteiger partial charge in [0.05, 0.1) is 5.92 Å². The zero-order chi connectivity index (χ0) is 15.0. The van der Waals surface area contributed by atoms with E-state index >= 15 is 0 Å². The molecule has 1 aromatic carbocycles. The van der Waals surface area contributed by atoms with Gasteiger partial charge in [-0.25, -0.2) is 0 Å². The van der Waals surface area contributed by atoms with E-state index in [1.54, 1.807) is 6.07 Å². The zero-order valence-corrected chi connectivity index (χ0v) is 11.8. The Morgan fingerprint density at radius 3 is 2.75 bits per heavy atom. The highest BCUT2D eigenvalue weighted by atomic mass is 16.4. The first-order valence-electron chi connectivity index (χ1n) is 6.86. The van der Waals surface area contributed by atoms with Gasteiger partial charge in [-0.2, -0.15) is 0 Å². The molecule has 0 bridgehead atoms. The smallest absolute Gasteiger partial charge is 0.308 e. The molecule has 1 unspecified atom stereocenters. The molecule has 1 rings (SSSR count). The summed E-state index contributed by atoms with van der Waals surface area (Å²) in [6.45, 7) is 2.12. The van der Waals surface area contributed by atoms with Crippen LogP contribution in [0.15, 0.2) is 24.3 Å². The summed E-state index contributed by atoms with van der Waals surface area (Å²) >= 11 is 0. The average Bonchev–Trinajstić information content (AvgIpc) is 2.41. The van der Waals surface area contributed by atoms with Gasteiger partial charge >= 0.3 is 5.97 Å². The Hall–Kier alpha value is -2.04. The molecule has 0 fully saturated rings. The lowest BCUT2D eigenvalue weighted by Gasteiger charge is -2.12. The van der Waals surface area contributed by atoms with Gasteiger partial charge < -0.3 is 16.2 Å². The molecule has 0 aliphatic carbocycles. The number of carboxylic acids is 1. The van der Waals surface area contributed by atoms with Gasteiger partial charge in [0.25, 0.3) is 0 Å². The number of nitrogens with one attached hydrogen (secondary N) is 1. The summed E-state index contributed by atoms with van der Waals surface area (Å²) in [5.41, 5.74) is 7.35. The van der Waals surface area contributed by atoms with Gasteiger partial charge in [-0.05, 0) is 30.5 Å². The van der Waals surface area contributed by atoms with Crippen molar-refractivity contribution < 1.29 is 14.7 Å². The molecule has 0 heterocycles. The molecular weight excluding hydrogens is 256 g/mol. The number of carbonyl (C=O) groups excluding carboxylic acids is 1. The second kappa shape index (κ2) is 8.19. The third kappa shape index (κ3) is 5.73. The van der Waals surface area contributed by atoms with E-state index in [0.29, 0.717) is 24.9 Å². The topological polar surface area (TPSA) is 92.4 Å². The van der Waals surface area contributed by atoms with Crippen molar-refractivity contribution in [3.05, 3.63) is 29.8 Å². The van der Waals surface area contributed by atoms with Crippen LogP contribution in [-0.2, 0) is 16.0 Å². The zero-order valence-electron chi connectivity index (χ0n) is 11.8. The lowest BCUT2D eigenvalue weighted by Crippen LogP contribution is -2.33. The van der Waals surface area contributed by atoms with Crippen LogP contribution < -0.4 is 11.1 Å². The Bertz CT molecular complexity index is 460. The van der Waals surface area contributed by atoms with Gasteiger partial charge in [0.1, 0.15) is 0 Å². The van der Waals surface area contributed by atoms with Crippen LogP contribution in [0.1, 0.15) is 31.7 Å². The highest BCUT2D eigenvalue weighted by molar-refractivity contribution is 5.77. The molecule has 0 radical (unpaired) electrons. The number of rotatable bonds is 8. The number of benzene rings is 1. The Morgan fingerprint density at radius 2 is 2.15 bits per heavy atom. The minimum atomic E-state index is -0.858. The van der Waals surface area contributed by atoms with E-state index in [9.17, 15) is 9.59 Å². The molecule has 20 heavy (non-hydrogen) atoms. The third-order valence-electron chi connectivity index (χ3n) is 3.12. The third-order valence-corrected chi connectivity index (χ3v) is 3.12. The minimum absolute atomic E-state index is 0.130. The first-order valence-corrected chi connectivity index (χ1v) is 6.86. The summed E-state index contributed by atoms with van der Waals surface area (Å²) in [6.07, 6.45) is 2.30. The predicted molar refractivity (Wildman–Crippen MR) is 78.2 cm³/mol. The summed E-state index contributed by atoms with van der Waals surface area (Å²) in [7, 11) is 0. The molecule has 4 N–H and O–H groups in total. The van der Waals surface area contributed by atoms with Gasteiger partial charge in [-0.15, -0.1) is 0 Å². The van der Waals surface area contributed by atoms with Crippen LogP contribution >= 0.6 is 0 Å². The van der Waals surface area contributed by atoms with Gasteiger partial charge in [-0.3, -0.25) is 9.59 Å². The maximum atomic E-state index is 11.7. The molecule has 1 aromatic rings. The molecule has 0 spiro atoms. The number of aryl methyl sites for hydroxylation is 1. The second-order valence-electron chi connectivity index (χ2n) is 4.87. The SMILES string of the molecule is CCCC(CNC(=O)CCc1cccc(N)c1)C(=O)O. The quantitative estimate of drug-likeness (QED) is 0.632. The lowest BCUT2D eigenvalue weighted by atomic mass is 10.0. The van der Waals surface area contributed by atoms with Gasteiger partial charge in [0, 0.05) is 18.7 Å². The predicted octanol–water partition coefficient (Wildman–Crippen LogP) is 1.82. The summed E-state index contributed by atoms with van der Waals surface area (Å²) in [6, 6.07) is 7.40. The first kappa shape index (κ1) is 16.0. The summed E-state index contributed by atoms with van der Waals surface area (Å²) in [4.78, 5) is 22.7. The number of nitrogen functional groups attached to an aromatic ring is 1. The molecule has 5 heteroatoms. The number of hydrogen-bond donors (Lipinski definition) is 3. The number of aliphatic carboxylic acids is 1. The molecule has 1 atom stereocenters. The van der Waals surface area contributed by atoms with Gasteiger partial charge in [0.2, 0.25) is 5.91 Å². The van der Waals surface area contributed by atoms with Crippen molar-refractivity contribution in [2.45, 2.75) is 32.6 Å². The highest BCUT2D eigenvalue weighted by Crippen LogP contribution is 2.09. The number of amides is 1. The Labute approximate surface area is 119 Å². The van der Waals surface area contributed by atoms with Crippen molar-refractivity contribution in [3.8, 4) is 0 Å². The molecule has 1 amide bonds. The van der Waals surface area contributed by atoms with Crippen LogP contribution in [0.3, 0.4) is 0 Å². The fourth-order valence-electron chi connectivity index (χ4n) is 1.99. The molecule has 0 aliphatic rings. The minimum Gasteiger partial charge on any atom is -0.481 e. The normalized spacial score (nSPS) is 11.8. The summed E-state index contributed by atoms with van der Waals surface area (Å²) in [5.74, 6) is -1.49. The highest BCUT2D eigenvalue weighted by Gasteiger charge is 2.16. The van der Waals surface area contributed by atoms with Crippen LogP contribution in [0.2, 0.25) is 0 Å². The molecule has 110 valence electrons. The van der Waals surface area contributed by atoms with Crippen LogP contribution in [0, 0.1) is 5.92 Å². The number of nitrogens with two attached hydrogens (primary N) is 1. The van der Waals surface area contributed by atoms with Crippen molar-refractivity contribution in [1.29, 1.82) is 0 Å². The molecule has 0 aliphatic heterocycles. The molecule has 0 saturated heterocycles. The van der Waals surface area contributed by atoms with Crippen molar-refractivity contribution in [1.82, 2.24) is 5.32 Å². The maximum absolute atomic E-state index is 11.7. The number of carbonyl (C=O) groups is 2. The fraction of sp³-hybridized carbons (Fsp3) is 0.467. The van der Waals surface area contributed by atoms with Gasteiger partial charge in [-0.1, -0.05) is 25.5 Å². The largest absolute Gasteiger partial charge is 0.481 e. The van der Waals surface area contributed by atoms with Crippen LogP contribution in [0.25, 0.3) is 0 Å². The summed E-state index contributed by atoms with van der Waals surface area (Å²) < 4.78 is 0. The van der Waals surface area contributed by atoms with E-state index in [2.05, 4.69) is 5.32 Å². The molecule has 0 saturated carbocycles.